The van der Waals surface area contributed by atoms with E-state index in [2.05, 4.69) is 69.8 Å². The van der Waals surface area contributed by atoms with E-state index in [1.54, 1.807) is 0 Å². The summed E-state index contributed by atoms with van der Waals surface area (Å²) >= 11 is 9.65. The van der Waals surface area contributed by atoms with Crippen LogP contribution in [0.15, 0.2) is 59.1 Å². The summed E-state index contributed by atoms with van der Waals surface area (Å²) in [7, 11) is 0. The lowest BCUT2D eigenvalue weighted by Gasteiger charge is -2.09. The summed E-state index contributed by atoms with van der Waals surface area (Å²) in [5.41, 5.74) is 3.40. The van der Waals surface area contributed by atoms with E-state index in [1.807, 2.05) is 13.0 Å². The van der Waals surface area contributed by atoms with E-state index < -0.39 is 0 Å². The standard InChI is InChI=1S/C18H15BrClN/c1-12-2-3-13(8-18(12)20)11-21-17-7-5-14-9-16(19)6-4-15(14)10-17/h2-10,21H,11H2,1H3. The third kappa shape index (κ3) is 3.39. The Morgan fingerprint density at radius 3 is 2.52 bits per heavy atom. The Morgan fingerprint density at radius 2 is 1.71 bits per heavy atom. The molecule has 106 valence electrons. The van der Waals surface area contributed by atoms with Crippen LogP contribution in [0.25, 0.3) is 10.8 Å². The Morgan fingerprint density at radius 1 is 0.952 bits per heavy atom. The van der Waals surface area contributed by atoms with Gasteiger partial charge in [0.15, 0.2) is 0 Å². The van der Waals surface area contributed by atoms with E-state index in [4.69, 9.17) is 11.6 Å². The molecule has 3 aromatic rings. The molecule has 0 aliphatic carbocycles. The molecule has 0 heterocycles. The van der Waals surface area contributed by atoms with Crippen molar-refractivity contribution in [2.24, 2.45) is 0 Å². The molecule has 0 aliphatic heterocycles. The fourth-order valence-electron chi connectivity index (χ4n) is 2.28. The van der Waals surface area contributed by atoms with Gasteiger partial charge in [0.1, 0.15) is 0 Å². The Balaban J connectivity index is 1.78. The van der Waals surface area contributed by atoms with Gasteiger partial charge in [-0.1, -0.05) is 51.8 Å². The average molecular weight is 361 g/mol. The first-order valence-corrected chi connectivity index (χ1v) is 7.97. The average Bonchev–Trinajstić information content (AvgIpc) is 2.48. The van der Waals surface area contributed by atoms with Gasteiger partial charge in [-0.05, 0) is 59.2 Å². The smallest absolute Gasteiger partial charge is 0.0438 e. The second-order valence-electron chi connectivity index (χ2n) is 5.14. The van der Waals surface area contributed by atoms with Crippen molar-refractivity contribution in [2.75, 3.05) is 5.32 Å². The number of halogens is 2. The lowest BCUT2D eigenvalue weighted by atomic mass is 10.1. The van der Waals surface area contributed by atoms with Crippen molar-refractivity contribution in [3.63, 3.8) is 0 Å². The Bertz CT molecular complexity index is 798. The highest BCUT2D eigenvalue weighted by Gasteiger charge is 2.00. The maximum Gasteiger partial charge on any atom is 0.0438 e. The molecule has 3 rings (SSSR count). The summed E-state index contributed by atoms with van der Waals surface area (Å²) in [6.45, 7) is 2.78. The molecule has 1 nitrogen and oxygen atoms in total. The van der Waals surface area contributed by atoms with Crippen LogP contribution in [-0.4, -0.2) is 0 Å². The van der Waals surface area contributed by atoms with Crippen LogP contribution in [0.5, 0.6) is 0 Å². The molecule has 0 fully saturated rings. The van der Waals surface area contributed by atoms with Crippen molar-refractivity contribution < 1.29 is 0 Å². The molecule has 0 atom stereocenters. The number of fused-ring (bicyclic) bond motifs is 1. The Hall–Kier alpha value is -1.51. The molecule has 21 heavy (non-hydrogen) atoms. The van der Waals surface area contributed by atoms with Crippen LogP contribution >= 0.6 is 27.5 Å². The number of rotatable bonds is 3. The zero-order chi connectivity index (χ0) is 14.8. The zero-order valence-electron chi connectivity index (χ0n) is 11.7. The monoisotopic (exact) mass is 359 g/mol. The molecule has 0 bridgehead atoms. The first kappa shape index (κ1) is 14.4. The van der Waals surface area contributed by atoms with E-state index in [1.165, 1.54) is 16.3 Å². The minimum atomic E-state index is 0.766. The van der Waals surface area contributed by atoms with Gasteiger partial charge in [-0.15, -0.1) is 0 Å². The van der Waals surface area contributed by atoms with Crippen LogP contribution in [0.2, 0.25) is 5.02 Å². The highest BCUT2D eigenvalue weighted by atomic mass is 79.9. The topological polar surface area (TPSA) is 12.0 Å². The summed E-state index contributed by atoms with van der Waals surface area (Å²) in [5, 5.41) is 6.72. The van der Waals surface area contributed by atoms with Crippen molar-refractivity contribution in [3.8, 4) is 0 Å². The van der Waals surface area contributed by atoms with Crippen LogP contribution in [0.4, 0.5) is 5.69 Å². The van der Waals surface area contributed by atoms with Gasteiger partial charge in [0.25, 0.3) is 0 Å². The van der Waals surface area contributed by atoms with Crippen molar-refractivity contribution in [1.82, 2.24) is 0 Å². The van der Waals surface area contributed by atoms with Crippen LogP contribution < -0.4 is 5.32 Å². The molecule has 0 aliphatic rings. The minimum absolute atomic E-state index is 0.766. The molecule has 3 aromatic carbocycles. The fourth-order valence-corrected chi connectivity index (χ4v) is 2.86. The predicted octanol–water partition coefficient (Wildman–Crippen LogP) is 6.18. The van der Waals surface area contributed by atoms with Crippen molar-refractivity contribution in [2.45, 2.75) is 13.5 Å². The lowest BCUT2D eigenvalue weighted by molar-refractivity contribution is 1.15. The largest absolute Gasteiger partial charge is 0.381 e. The number of benzene rings is 3. The molecule has 0 spiro atoms. The highest BCUT2D eigenvalue weighted by Crippen LogP contribution is 2.23. The maximum atomic E-state index is 6.16. The van der Waals surface area contributed by atoms with Crippen LogP contribution in [-0.2, 0) is 6.54 Å². The predicted molar refractivity (Wildman–Crippen MR) is 95.2 cm³/mol. The number of aryl methyl sites for hydroxylation is 1. The van der Waals surface area contributed by atoms with Gasteiger partial charge in [-0.25, -0.2) is 0 Å². The van der Waals surface area contributed by atoms with Crippen LogP contribution in [0, 0.1) is 6.92 Å². The number of hydrogen-bond donors (Lipinski definition) is 1. The van der Waals surface area contributed by atoms with E-state index in [9.17, 15) is 0 Å². The van der Waals surface area contributed by atoms with Gasteiger partial charge in [0.2, 0.25) is 0 Å². The van der Waals surface area contributed by atoms with E-state index in [0.29, 0.717) is 0 Å². The molecular formula is C18H15BrClN. The highest BCUT2D eigenvalue weighted by molar-refractivity contribution is 9.10. The Kier molecular flexibility index (Phi) is 4.18. The normalized spacial score (nSPS) is 10.8. The summed E-state index contributed by atoms with van der Waals surface area (Å²) in [6, 6.07) is 18.9. The van der Waals surface area contributed by atoms with Crippen molar-refractivity contribution in [3.05, 3.63) is 75.2 Å². The van der Waals surface area contributed by atoms with Gasteiger partial charge >= 0.3 is 0 Å². The molecule has 0 saturated heterocycles. The number of hydrogen-bond acceptors (Lipinski definition) is 1. The summed E-state index contributed by atoms with van der Waals surface area (Å²) in [6.07, 6.45) is 0. The van der Waals surface area contributed by atoms with Gasteiger partial charge in [-0.3, -0.25) is 0 Å². The van der Waals surface area contributed by atoms with Gasteiger partial charge in [0, 0.05) is 21.7 Å². The molecule has 1 N–H and O–H groups in total. The Labute approximate surface area is 138 Å². The van der Waals surface area contributed by atoms with Crippen molar-refractivity contribution in [1.29, 1.82) is 0 Å². The quantitative estimate of drug-likeness (QED) is 0.588. The molecule has 3 heteroatoms. The number of nitrogens with one attached hydrogen (secondary N) is 1. The maximum absolute atomic E-state index is 6.16. The van der Waals surface area contributed by atoms with E-state index >= 15 is 0 Å². The molecule has 0 radical (unpaired) electrons. The SMILES string of the molecule is Cc1ccc(CNc2ccc3cc(Br)ccc3c2)cc1Cl. The van der Waals surface area contributed by atoms with Gasteiger partial charge in [-0.2, -0.15) is 0 Å². The second-order valence-corrected chi connectivity index (χ2v) is 6.47. The third-order valence-electron chi connectivity index (χ3n) is 3.54. The van der Waals surface area contributed by atoms with Gasteiger partial charge in [0.05, 0.1) is 0 Å². The second kappa shape index (κ2) is 6.08. The van der Waals surface area contributed by atoms with Crippen LogP contribution in [0.3, 0.4) is 0 Å². The van der Waals surface area contributed by atoms with Crippen LogP contribution in [0.1, 0.15) is 11.1 Å². The molecular weight excluding hydrogens is 346 g/mol. The van der Waals surface area contributed by atoms with E-state index in [0.717, 1.165) is 27.3 Å². The minimum Gasteiger partial charge on any atom is -0.381 e. The molecule has 0 aromatic heterocycles. The number of anilines is 1. The first-order chi connectivity index (χ1) is 10.1. The molecule has 0 saturated carbocycles. The summed E-state index contributed by atoms with van der Waals surface area (Å²) in [4.78, 5) is 0. The van der Waals surface area contributed by atoms with Gasteiger partial charge < -0.3 is 5.32 Å². The summed E-state index contributed by atoms with van der Waals surface area (Å²) < 4.78 is 1.10. The lowest BCUT2D eigenvalue weighted by Crippen LogP contribution is -1.99. The van der Waals surface area contributed by atoms with E-state index in [-0.39, 0.29) is 0 Å². The molecule has 0 amide bonds. The first-order valence-electron chi connectivity index (χ1n) is 6.80. The fraction of sp³-hybridized carbons (Fsp3) is 0.111. The zero-order valence-corrected chi connectivity index (χ0v) is 14.0. The summed E-state index contributed by atoms with van der Waals surface area (Å²) in [5.74, 6) is 0. The van der Waals surface area contributed by atoms with Crippen molar-refractivity contribution >= 4 is 44.0 Å². The molecule has 0 unspecified atom stereocenters. The third-order valence-corrected chi connectivity index (χ3v) is 4.44.